The van der Waals surface area contributed by atoms with Crippen molar-refractivity contribution in [1.29, 1.82) is 0 Å². The Bertz CT molecular complexity index is 1010. The second-order valence-corrected chi connectivity index (χ2v) is 7.78. The Morgan fingerprint density at radius 3 is 2.14 bits per heavy atom. The van der Waals surface area contributed by atoms with Gasteiger partial charge < -0.3 is 4.74 Å². The van der Waals surface area contributed by atoms with Crippen molar-refractivity contribution >= 4 is 46.7 Å². The van der Waals surface area contributed by atoms with Crippen molar-refractivity contribution in [2.45, 2.75) is 12.8 Å². The molecule has 148 valence electrons. The van der Waals surface area contributed by atoms with Gasteiger partial charge in [-0.3, -0.25) is 9.59 Å². The smallest absolute Gasteiger partial charge is 0.334 e. The van der Waals surface area contributed by atoms with Crippen molar-refractivity contribution in [3.05, 3.63) is 75.8 Å². The van der Waals surface area contributed by atoms with E-state index < -0.39 is 23.7 Å². The number of imide groups is 1. The standard InChI is InChI=1S/C22H17Cl2NO4/c1-2-29-22(28)17-11-16-19(18(17)12-3-5-13(23)6-4-12)21(27)25(20(16)26)15-9-7-14(24)8-10-15/h3-11,16,18-19H,2H2,1H3/t16-,18-,19-/m0/s1. The average molecular weight is 430 g/mol. The number of halogens is 2. The van der Waals surface area contributed by atoms with Gasteiger partial charge in [-0.2, -0.15) is 0 Å². The van der Waals surface area contributed by atoms with E-state index in [2.05, 4.69) is 0 Å². The first-order valence-electron chi connectivity index (χ1n) is 9.20. The van der Waals surface area contributed by atoms with E-state index >= 15 is 0 Å². The molecule has 0 bridgehead atoms. The van der Waals surface area contributed by atoms with Gasteiger partial charge in [0.15, 0.2) is 0 Å². The van der Waals surface area contributed by atoms with Gasteiger partial charge in [-0.05, 0) is 48.9 Å². The molecule has 1 saturated heterocycles. The summed E-state index contributed by atoms with van der Waals surface area (Å²) in [6.07, 6.45) is 1.58. The van der Waals surface area contributed by atoms with Crippen LogP contribution in [0, 0.1) is 11.8 Å². The number of carbonyl (C=O) groups excluding carboxylic acids is 3. The summed E-state index contributed by atoms with van der Waals surface area (Å²) in [7, 11) is 0. The maximum absolute atomic E-state index is 13.3. The van der Waals surface area contributed by atoms with Gasteiger partial charge >= 0.3 is 5.97 Å². The van der Waals surface area contributed by atoms with Crippen LogP contribution in [0.2, 0.25) is 10.0 Å². The fourth-order valence-electron chi connectivity index (χ4n) is 4.04. The minimum Gasteiger partial charge on any atom is -0.463 e. The predicted molar refractivity (Wildman–Crippen MR) is 110 cm³/mol. The molecule has 1 fully saturated rings. The molecule has 0 N–H and O–H groups in total. The monoisotopic (exact) mass is 429 g/mol. The van der Waals surface area contributed by atoms with Crippen LogP contribution in [0.15, 0.2) is 60.2 Å². The third-order valence-corrected chi connectivity index (χ3v) is 5.78. The Morgan fingerprint density at radius 2 is 1.55 bits per heavy atom. The first kappa shape index (κ1) is 19.7. The van der Waals surface area contributed by atoms with Gasteiger partial charge in [0.1, 0.15) is 0 Å². The first-order chi connectivity index (χ1) is 13.9. The van der Waals surface area contributed by atoms with E-state index in [9.17, 15) is 14.4 Å². The summed E-state index contributed by atoms with van der Waals surface area (Å²) < 4.78 is 5.18. The molecule has 2 amide bonds. The van der Waals surface area contributed by atoms with Crippen LogP contribution in [0.1, 0.15) is 18.4 Å². The summed E-state index contributed by atoms with van der Waals surface area (Å²) in [6.45, 7) is 1.92. The number of rotatable bonds is 4. The highest BCUT2D eigenvalue weighted by Gasteiger charge is 2.56. The zero-order valence-corrected chi connectivity index (χ0v) is 17.0. The minimum atomic E-state index is -0.724. The van der Waals surface area contributed by atoms with Crippen LogP contribution in [-0.4, -0.2) is 24.4 Å². The number of nitrogens with zero attached hydrogens (tertiary/aromatic N) is 1. The van der Waals surface area contributed by atoms with Crippen molar-refractivity contribution < 1.29 is 19.1 Å². The van der Waals surface area contributed by atoms with Crippen LogP contribution in [0.3, 0.4) is 0 Å². The fourth-order valence-corrected chi connectivity index (χ4v) is 4.29. The lowest BCUT2D eigenvalue weighted by molar-refractivity contribution is -0.138. The van der Waals surface area contributed by atoms with Gasteiger partial charge in [0, 0.05) is 21.5 Å². The number of ether oxygens (including phenoxy) is 1. The molecule has 0 unspecified atom stereocenters. The summed E-state index contributed by atoms with van der Waals surface area (Å²) in [5.41, 5.74) is 1.53. The predicted octanol–water partition coefficient (Wildman–Crippen LogP) is 4.39. The van der Waals surface area contributed by atoms with Crippen LogP contribution in [-0.2, 0) is 19.1 Å². The highest BCUT2D eigenvalue weighted by molar-refractivity contribution is 6.31. The van der Waals surface area contributed by atoms with E-state index in [0.29, 0.717) is 21.3 Å². The average Bonchev–Trinajstić information content (AvgIpc) is 3.20. The molecule has 0 spiro atoms. The molecule has 2 aromatic carbocycles. The van der Waals surface area contributed by atoms with Crippen molar-refractivity contribution in [2.75, 3.05) is 11.5 Å². The zero-order valence-electron chi connectivity index (χ0n) is 15.5. The van der Waals surface area contributed by atoms with Crippen LogP contribution in [0.5, 0.6) is 0 Å². The first-order valence-corrected chi connectivity index (χ1v) is 9.95. The largest absolute Gasteiger partial charge is 0.463 e. The summed E-state index contributed by atoms with van der Waals surface area (Å²) in [6, 6.07) is 13.5. The number of hydrogen-bond acceptors (Lipinski definition) is 4. The number of carbonyl (C=O) groups is 3. The van der Waals surface area contributed by atoms with Crippen molar-refractivity contribution in [3.63, 3.8) is 0 Å². The lowest BCUT2D eigenvalue weighted by Crippen LogP contribution is -2.33. The molecular weight excluding hydrogens is 413 g/mol. The van der Waals surface area contributed by atoms with Crippen LogP contribution in [0.25, 0.3) is 0 Å². The fraction of sp³-hybridized carbons (Fsp3) is 0.227. The molecule has 0 radical (unpaired) electrons. The lowest BCUT2D eigenvalue weighted by Gasteiger charge is -2.22. The van der Waals surface area contributed by atoms with Gasteiger partial charge in [-0.15, -0.1) is 0 Å². The molecule has 1 aliphatic heterocycles. The maximum atomic E-state index is 13.3. The SMILES string of the molecule is CCOC(=O)C1=C[C@@H]2C(=O)N(c3ccc(Cl)cc3)C(=O)[C@@H]2[C@H]1c1ccc(Cl)cc1. The van der Waals surface area contributed by atoms with Gasteiger partial charge in [-0.1, -0.05) is 41.4 Å². The van der Waals surface area contributed by atoms with E-state index in [1.165, 1.54) is 4.90 Å². The maximum Gasteiger partial charge on any atom is 0.334 e. The summed E-state index contributed by atoms with van der Waals surface area (Å²) in [5, 5.41) is 1.05. The van der Waals surface area contributed by atoms with Crippen molar-refractivity contribution in [2.24, 2.45) is 11.8 Å². The molecule has 0 aromatic heterocycles. The van der Waals surface area contributed by atoms with Gasteiger partial charge in [-0.25, -0.2) is 9.69 Å². The number of anilines is 1. The van der Waals surface area contributed by atoms with Gasteiger partial charge in [0.2, 0.25) is 11.8 Å². The summed E-state index contributed by atoms with van der Waals surface area (Å²) >= 11 is 11.9. The Hall–Kier alpha value is -2.63. The lowest BCUT2D eigenvalue weighted by atomic mass is 9.82. The number of esters is 1. The Kier molecular flexibility index (Phi) is 5.19. The topological polar surface area (TPSA) is 63.7 Å². The van der Waals surface area contributed by atoms with E-state index in [1.54, 1.807) is 61.5 Å². The van der Waals surface area contributed by atoms with Crippen LogP contribution in [0.4, 0.5) is 5.69 Å². The normalized spacial score (nSPS) is 23.2. The molecule has 5 nitrogen and oxygen atoms in total. The molecule has 4 rings (SSSR count). The molecule has 2 aromatic rings. The van der Waals surface area contributed by atoms with Crippen molar-refractivity contribution in [3.8, 4) is 0 Å². The molecule has 29 heavy (non-hydrogen) atoms. The summed E-state index contributed by atoms with van der Waals surface area (Å²) in [4.78, 5) is 40.1. The molecule has 0 saturated carbocycles. The van der Waals surface area contributed by atoms with Gasteiger partial charge in [0.25, 0.3) is 0 Å². The van der Waals surface area contributed by atoms with E-state index in [0.717, 1.165) is 5.56 Å². The molecule has 1 aliphatic carbocycles. The second kappa shape index (κ2) is 7.65. The molecule has 7 heteroatoms. The second-order valence-electron chi connectivity index (χ2n) is 6.91. The van der Waals surface area contributed by atoms with Crippen molar-refractivity contribution in [1.82, 2.24) is 0 Å². The van der Waals surface area contributed by atoms with E-state index in [1.807, 2.05) is 0 Å². The highest BCUT2D eigenvalue weighted by Crippen LogP contribution is 2.49. The van der Waals surface area contributed by atoms with E-state index in [4.69, 9.17) is 27.9 Å². The molecule has 3 atom stereocenters. The minimum absolute atomic E-state index is 0.206. The molecular formula is C22H17Cl2NO4. The number of fused-ring (bicyclic) bond motifs is 1. The quantitative estimate of drug-likeness (QED) is 0.534. The highest BCUT2D eigenvalue weighted by atomic mass is 35.5. The third kappa shape index (κ3) is 3.34. The Balaban J connectivity index is 1.77. The number of amides is 2. The Morgan fingerprint density at radius 1 is 0.966 bits per heavy atom. The van der Waals surface area contributed by atoms with Gasteiger partial charge in [0.05, 0.1) is 24.1 Å². The van der Waals surface area contributed by atoms with E-state index in [-0.39, 0.29) is 18.4 Å². The number of benzene rings is 2. The Labute approximate surface area is 177 Å². The zero-order chi connectivity index (χ0) is 20.7. The molecule has 1 heterocycles. The third-order valence-electron chi connectivity index (χ3n) is 5.28. The molecule has 2 aliphatic rings. The number of hydrogen-bond donors (Lipinski definition) is 0. The summed E-state index contributed by atoms with van der Waals surface area (Å²) in [5.74, 6) is -3.24. The van der Waals surface area contributed by atoms with Crippen LogP contribution >= 0.6 is 23.2 Å². The van der Waals surface area contributed by atoms with Crippen LogP contribution < -0.4 is 4.90 Å².